The Bertz CT molecular complexity index is 879. The molecule has 0 unspecified atom stereocenters. The number of amides is 2. The molecular weight excluding hydrogens is 336 g/mol. The van der Waals surface area contributed by atoms with E-state index in [0.29, 0.717) is 41.6 Å². The van der Waals surface area contributed by atoms with Crippen molar-refractivity contribution in [3.05, 3.63) is 72.1 Å². The summed E-state index contributed by atoms with van der Waals surface area (Å²) in [4.78, 5) is 26.0. The van der Waals surface area contributed by atoms with Crippen molar-refractivity contribution in [3.8, 4) is 5.75 Å². The lowest BCUT2D eigenvalue weighted by molar-refractivity contribution is -0.118. The predicted molar refractivity (Wildman–Crippen MR) is 91.6 cm³/mol. The van der Waals surface area contributed by atoms with Crippen LogP contribution in [0, 0.1) is 0 Å². The highest BCUT2D eigenvalue weighted by molar-refractivity contribution is 5.99. The van der Waals surface area contributed by atoms with Crippen molar-refractivity contribution < 1.29 is 23.2 Å². The fourth-order valence-corrected chi connectivity index (χ4v) is 2.77. The summed E-state index contributed by atoms with van der Waals surface area (Å²) in [6.07, 6.45) is 3.14. The van der Waals surface area contributed by atoms with Gasteiger partial charge in [0.2, 0.25) is 0 Å². The van der Waals surface area contributed by atoms with E-state index in [2.05, 4.69) is 5.32 Å². The summed E-state index contributed by atoms with van der Waals surface area (Å²) >= 11 is 0. The van der Waals surface area contributed by atoms with Gasteiger partial charge in [-0.3, -0.25) is 9.59 Å². The van der Waals surface area contributed by atoms with E-state index in [0.717, 1.165) is 0 Å². The van der Waals surface area contributed by atoms with Crippen molar-refractivity contribution >= 4 is 17.5 Å². The van der Waals surface area contributed by atoms with Gasteiger partial charge in [-0.05, 0) is 42.5 Å². The van der Waals surface area contributed by atoms with Crippen molar-refractivity contribution in [2.45, 2.75) is 13.1 Å². The molecule has 2 aromatic heterocycles. The first-order chi connectivity index (χ1) is 12.7. The van der Waals surface area contributed by atoms with Crippen LogP contribution in [0.25, 0.3) is 0 Å². The lowest BCUT2D eigenvalue weighted by Crippen LogP contribution is -2.30. The minimum Gasteiger partial charge on any atom is -0.482 e. The molecule has 132 valence electrons. The number of carbonyl (C=O) groups excluding carboxylic acids is 2. The number of hydrogen-bond acceptors (Lipinski definition) is 5. The van der Waals surface area contributed by atoms with E-state index in [1.807, 2.05) is 12.1 Å². The average molecular weight is 352 g/mol. The minimum atomic E-state index is -0.214. The van der Waals surface area contributed by atoms with E-state index in [9.17, 15) is 9.59 Å². The molecule has 0 saturated heterocycles. The first kappa shape index (κ1) is 16.0. The Labute approximate surface area is 149 Å². The second kappa shape index (κ2) is 6.79. The van der Waals surface area contributed by atoms with Crippen LogP contribution >= 0.6 is 0 Å². The molecule has 3 heterocycles. The Balaban J connectivity index is 1.60. The monoisotopic (exact) mass is 352 g/mol. The summed E-state index contributed by atoms with van der Waals surface area (Å²) < 4.78 is 16.1. The molecule has 1 N–H and O–H groups in total. The fraction of sp³-hybridized carbons (Fsp3) is 0.158. The van der Waals surface area contributed by atoms with Crippen LogP contribution in [0.5, 0.6) is 5.75 Å². The number of nitrogens with one attached hydrogen (secondary N) is 1. The van der Waals surface area contributed by atoms with Crippen LogP contribution < -0.4 is 10.1 Å². The van der Waals surface area contributed by atoms with Gasteiger partial charge in [0.1, 0.15) is 17.3 Å². The Hall–Kier alpha value is -3.48. The van der Waals surface area contributed by atoms with Crippen molar-refractivity contribution in [1.82, 2.24) is 4.90 Å². The van der Waals surface area contributed by atoms with Gasteiger partial charge in [0.05, 0.1) is 31.3 Å². The van der Waals surface area contributed by atoms with Crippen molar-refractivity contribution in [1.29, 1.82) is 0 Å². The molecule has 0 atom stereocenters. The molecule has 0 fully saturated rings. The third kappa shape index (κ3) is 3.32. The van der Waals surface area contributed by atoms with Gasteiger partial charge in [0, 0.05) is 5.56 Å². The van der Waals surface area contributed by atoms with Gasteiger partial charge < -0.3 is 23.8 Å². The zero-order valence-corrected chi connectivity index (χ0v) is 13.8. The van der Waals surface area contributed by atoms with Gasteiger partial charge in [-0.1, -0.05) is 0 Å². The molecule has 1 aromatic carbocycles. The summed E-state index contributed by atoms with van der Waals surface area (Å²) in [5.41, 5.74) is 1.01. The predicted octanol–water partition coefficient (Wildman–Crippen LogP) is 3.05. The maximum atomic E-state index is 13.0. The zero-order chi connectivity index (χ0) is 17.9. The molecule has 2 amide bonds. The van der Waals surface area contributed by atoms with Gasteiger partial charge in [-0.2, -0.15) is 0 Å². The van der Waals surface area contributed by atoms with Crippen molar-refractivity contribution in [3.63, 3.8) is 0 Å². The zero-order valence-electron chi connectivity index (χ0n) is 13.8. The number of furan rings is 2. The molecular formula is C19H16N2O5. The van der Waals surface area contributed by atoms with E-state index >= 15 is 0 Å². The van der Waals surface area contributed by atoms with Crippen molar-refractivity contribution in [2.24, 2.45) is 0 Å². The Kier molecular flexibility index (Phi) is 4.18. The molecule has 0 aliphatic carbocycles. The van der Waals surface area contributed by atoms with Gasteiger partial charge in [0.15, 0.2) is 6.61 Å². The number of benzene rings is 1. The summed E-state index contributed by atoms with van der Waals surface area (Å²) in [6.45, 7) is 0.551. The number of rotatable bonds is 5. The summed E-state index contributed by atoms with van der Waals surface area (Å²) in [7, 11) is 0. The van der Waals surface area contributed by atoms with Gasteiger partial charge in [-0.25, -0.2) is 0 Å². The molecule has 7 nitrogen and oxygen atoms in total. The number of anilines is 1. The molecule has 3 aromatic rings. The Morgan fingerprint density at radius 2 is 1.73 bits per heavy atom. The number of carbonyl (C=O) groups is 2. The van der Waals surface area contributed by atoms with Crippen LogP contribution in [0.3, 0.4) is 0 Å². The first-order valence-electron chi connectivity index (χ1n) is 8.10. The lowest BCUT2D eigenvalue weighted by Gasteiger charge is -2.22. The molecule has 26 heavy (non-hydrogen) atoms. The van der Waals surface area contributed by atoms with Gasteiger partial charge >= 0.3 is 0 Å². The third-order valence-corrected chi connectivity index (χ3v) is 4.00. The van der Waals surface area contributed by atoms with E-state index < -0.39 is 0 Å². The number of ether oxygens (including phenoxy) is 1. The second-order valence-electron chi connectivity index (χ2n) is 5.87. The molecule has 7 heteroatoms. The second-order valence-corrected chi connectivity index (χ2v) is 5.87. The Morgan fingerprint density at radius 3 is 2.35 bits per heavy atom. The average Bonchev–Trinajstić information content (AvgIpc) is 3.34. The number of hydrogen-bond donors (Lipinski definition) is 1. The summed E-state index contributed by atoms with van der Waals surface area (Å²) in [6, 6.07) is 12.1. The summed E-state index contributed by atoms with van der Waals surface area (Å²) in [5.74, 6) is 1.42. The molecule has 0 radical (unpaired) electrons. The van der Waals surface area contributed by atoms with E-state index in [1.165, 1.54) is 0 Å². The molecule has 0 saturated carbocycles. The summed E-state index contributed by atoms with van der Waals surface area (Å²) in [5, 5.41) is 2.71. The first-order valence-corrected chi connectivity index (χ1v) is 8.10. The Morgan fingerprint density at radius 1 is 1.04 bits per heavy atom. The third-order valence-electron chi connectivity index (χ3n) is 4.00. The van der Waals surface area contributed by atoms with Crippen LogP contribution in [-0.4, -0.2) is 23.3 Å². The van der Waals surface area contributed by atoms with Crippen LogP contribution in [0.2, 0.25) is 0 Å². The number of nitrogens with zero attached hydrogens (tertiary/aromatic N) is 1. The number of fused-ring (bicyclic) bond motifs is 1. The van der Waals surface area contributed by atoms with E-state index in [-0.39, 0.29) is 18.4 Å². The molecule has 0 spiro atoms. The largest absolute Gasteiger partial charge is 0.482 e. The topological polar surface area (TPSA) is 84.9 Å². The van der Waals surface area contributed by atoms with Crippen molar-refractivity contribution in [2.75, 3.05) is 11.9 Å². The van der Waals surface area contributed by atoms with Gasteiger partial charge in [0.25, 0.3) is 11.8 Å². The standard InChI is InChI=1S/C19H16N2O5/c22-18-12-26-17-9-13(5-6-16(17)20-18)19(23)21(10-14-3-1-7-24-14)11-15-4-2-8-25-15/h1-9H,10-12H2,(H,20,22). The highest BCUT2D eigenvalue weighted by Gasteiger charge is 2.22. The minimum absolute atomic E-state index is 0.0624. The van der Waals surface area contributed by atoms with Crippen LogP contribution in [0.4, 0.5) is 5.69 Å². The van der Waals surface area contributed by atoms with E-state index in [4.69, 9.17) is 13.6 Å². The molecule has 0 bridgehead atoms. The maximum absolute atomic E-state index is 13.0. The lowest BCUT2D eigenvalue weighted by atomic mass is 10.1. The SMILES string of the molecule is O=C1COc2cc(C(=O)N(Cc3ccco3)Cc3ccco3)ccc2N1. The smallest absolute Gasteiger partial charge is 0.262 e. The van der Waals surface area contributed by atoms with E-state index in [1.54, 1.807) is 47.8 Å². The quantitative estimate of drug-likeness (QED) is 0.763. The highest BCUT2D eigenvalue weighted by atomic mass is 16.5. The molecule has 1 aliphatic heterocycles. The van der Waals surface area contributed by atoms with Gasteiger partial charge in [-0.15, -0.1) is 0 Å². The normalized spacial score (nSPS) is 12.8. The van der Waals surface area contributed by atoms with Crippen LogP contribution in [0.1, 0.15) is 21.9 Å². The maximum Gasteiger partial charge on any atom is 0.262 e. The highest BCUT2D eigenvalue weighted by Crippen LogP contribution is 2.29. The molecule has 1 aliphatic rings. The fourth-order valence-electron chi connectivity index (χ4n) is 2.77. The van der Waals surface area contributed by atoms with Crippen LogP contribution in [-0.2, 0) is 17.9 Å². The molecule has 4 rings (SSSR count). The van der Waals surface area contributed by atoms with Crippen LogP contribution in [0.15, 0.2) is 63.8 Å².